The van der Waals surface area contributed by atoms with Gasteiger partial charge in [0.1, 0.15) is 0 Å². The highest BCUT2D eigenvalue weighted by atomic mass is 35.5. The van der Waals surface area contributed by atoms with E-state index in [0.29, 0.717) is 17.8 Å². The van der Waals surface area contributed by atoms with Crippen molar-refractivity contribution in [2.24, 2.45) is 0 Å². The summed E-state index contributed by atoms with van der Waals surface area (Å²) in [6.07, 6.45) is 6.46. The first kappa shape index (κ1) is 15.6. The van der Waals surface area contributed by atoms with Crippen molar-refractivity contribution < 1.29 is 0 Å². The van der Waals surface area contributed by atoms with Crippen molar-refractivity contribution in [1.82, 2.24) is 9.97 Å². The number of anilines is 1. The summed E-state index contributed by atoms with van der Waals surface area (Å²) in [6, 6.07) is 2.65. The first-order chi connectivity index (χ1) is 9.61. The van der Waals surface area contributed by atoms with Gasteiger partial charge in [-0.3, -0.25) is 0 Å². The molecular formula is C16H26ClN3. The fraction of sp³-hybridized carbons (Fsp3) is 0.750. The van der Waals surface area contributed by atoms with Crippen molar-refractivity contribution in [1.29, 1.82) is 0 Å². The van der Waals surface area contributed by atoms with E-state index in [1.807, 2.05) is 0 Å². The molecule has 0 amide bonds. The summed E-state index contributed by atoms with van der Waals surface area (Å²) in [7, 11) is 0. The quantitative estimate of drug-likeness (QED) is 0.759. The summed E-state index contributed by atoms with van der Waals surface area (Å²) in [5, 5.41) is 0. The summed E-state index contributed by atoms with van der Waals surface area (Å²) >= 11 is 6.01. The van der Waals surface area contributed by atoms with Gasteiger partial charge in [0, 0.05) is 29.9 Å². The van der Waals surface area contributed by atoms with Gasteiger partial charge in [-0.15, -0.1) is 11.6 Å². The number of hydrogen-bond acceptors (Lipinski definition) is 3. The summed E-state index contributed by atoms with van der Waals surface area (Å²) < 4.78 is 0. The Bertz CT molecular complexity index is 428. The molecule has 1 saturated carbocycles. The van der Waals surface area contributed by atoms with Crippen LogP contribution in [0.1, 0.15) is 63.3 Å². The van der Waals surface area contributed by atoms with Crippen LogP contribution in [0.3, 0.4) is 0 Å². The number of alkyl halides is 1. The average Bonchev–Trinajstić information content (AvgIpc) is 2.45. The Labute approximate surface area is 127 Å². The molecule has 0 radical (unpaired) electrons. The van der Waals surface area contributed by atoms with Crippen LogP contribution in [0.5, 0.6) is 0 Å². The van der Waals surface area contributed by atoms with Crippen molar-refractivity contribution in [3.05, 3.63) is 17.5 Å². The van der Waals surface area contributed by atoms with Crippen LogP contribution in [0.4, 0.5) is 5.95 Å². The number of aryl methyl sites for hydroxylation is 1. The van der Waals surface area contributed by atoms with Gasteiger partial charge in [-0.05, 0) is 31.7 Å². The molecule has 1 aromatic heterocycles. The molecule has 1 aliphatic rings. The van der Waals surface area contributed by atoms with Gasteiger partial charge in [-0.1, -0.05) is 33.1 Å². The summed E-state index contributed by atoms with van der Waals surface area (Å²) in [5.74, 6) is 1.94. The first-order valence-corrected chi connectivity index (χ1v) is 8.33. The minimum Gasteiger partial charge on any atom is -0.337 e. The van der Waals surface area contributed by atoms with E-state index in [0.717, 1.165) is 23.9 Å². The summed E-state index contributed by atoms with van der Waals surface area (Å²) in [5.41, 5.74) is 2.18. The predicted molar refractivity (Wildman–Crippen MR) is 85.8 cm³/mol. The van der Waals surface area contributed by atoms with Crippen molar-refractivity contribution >= 4 is 17.5 Å². The van der Waals surface area contributed by atoms with E-state index in [4.69, 9.17) is 16.6 Å². The van der Waals surface area contributed by atoms with Gasteiger partial charge in [-0.2, -0.15) is 0 Å². The van der Waals surface area contributed by atoms with E-state index in [-0.39, 0.29) is 0 Å². The lowest BCUT2D eigenvalue weighted by molar-refractivity contribution is 0.414. The molecule has 0 saturated heterocycles. The molecule has 2 rings (SSSR count). The summed E-state index contributed by atoms with van der Waals surface area (Å²) in [6.45, 7) is 7.25. The number of hydrogen-bond donors (Lipinski definition) is 0. The van der Waals surface area contributed by atoms with Crippen LogP contribution >= 0.6 is 11.6 Å². The Morgan fingerprint density at radius 3 is 2.55 bits per heavy atom. The van der Waals surface area contributed by atoms with E-state index in [1.165, 1.54) is 32.1 Å². The molecule has 112 valence electrons. The molecule has 0 aromatic carbocycles. The maximum Gasteiger partial charge on any atom is 0.226 e. The zero-order chi connectivity index (χ0) is 14.5. The average molecular weight is 296 g/mol. The van der Waals surface area contributed by atoms with E-state index in [9.17, 15) is 0 Å². The molecule has 1 fully saturated rings. The Balaban J connectivity index is 2.27. The van der Waals surface area contributed by atoms with Gasteiger partial charge in [-0.25, -0.2) is 9.97 Å². The second-order valence-corrected chi connectivity index (χ2v) is 6.44. The van der Waals surface area contributed by atoms with Crippen LogP contribution in [-0.2, 0) is 0 Å². The van der Waals surface area contributed by atoms with Gasteiger partial charge < -0.3 is 4.90 Å². The maximum absolute atomic E-state index is 6.01. The predicted octanol–water partition coefficient (Wildman–Crippen LogP) is 4.29. The lowest BCUT2D eigenvalue weighted by Crippen LogP contribution is -2.39. The Morgan fingerprint density at radius 1 is 1.25 bits per heavy atom. The largest absolute Gasteiger partial charge is 0.337 e. The van der Waals surface area contributed by atoms with Crippen LogP contribution in [-0.4, -0.2) is 28.4 Å². The number of aromatic nitrogens is 2. The van der Waals surface area contributed by atoms with Crippen molar-refractivity contribution in [3.8, 4) is 0 Å². The molecule has 0 N–H and O–H groups in total. The Morgan fingerprint density at radius 2 is 1.95 bits per heavy atom. The maximum atomic E-state index is 6.01. The second-order valence-electron chi connectivity index (χ2n) is 6.06. The molecule has 1 aromatic rings. The summed E-state index contributed by atoms with van der Waals surface area (Å²) in [4.78, 5) is 11.8. The van der Waals surface area contributed by atoms with E-state index in [1.54, 1.807) is 0 Å². The second kappa shape index (κ2) is 7.26. The third kappa shape index (κ3) is 3.85. The molecule has 0 spiro atoms. The van der Waals surface area contributed by atoms with Crippen LogP contribution in [0.25, 0.3) is 0 Å². The Kier molecular flexibility index (Phi) is 5.64. The molecule has 4 heteroatoms. The minimum atomic E-state index is 0.430. The fourth-order valence-corrected chi connectivity index (χ4v) is 3.11. The van der Waals surface area contributed by atoms with Crippen LogP contribution in [0.2, 0.25) is 0 Å². The van der Waals surface area contributed by atoms with Gasteiger partial charge >= 0.3 is 0 Å². The lowest BCUT2D eigenvalue weighted by Gasteiger charge is -2.34. The van der Waals surface area contributed by atoms with Crippen LogP contribution < -0.4 is 4.90 Å². The number of nitrogens with zero attached hydrogens (tertiary/aromatic N) is 3. The highest BCUT2D eigenvalue weighted by Gasteiger charge is 2.23. The van der Waals surface area contributed by atoms with Crippen LogP contribution in [0, 0.1) is 6.92 Å². The molecular weight excluding hydrogens is 270 g/mol. The highest BCUT2D eigenvalue weighted by molar-refractivity contribution is 6.18. The van der Waals surface area contributed by atoms with Crippen LogP contribution in [0.15, 0.2) is 6.07 Å². The molecule has 1 heterocycles. The SMILES string of the molecule is Cc1cc(C(C)C)nc(N(CCCl)C2CCCCC2)n1. The smallest absolute Gasteiger partial charge is 0.226 e. The molecule has 3 nitrogen and oxygen atoms in total. The fourth-order valence-electron chi connectivity index (χ4n) is 2.93. The topological polar surface area (TPSA) is 29.0 Å². The number of halogens is 1. The normalized spacial score (nSPS) is 16.6. The van der Waals surface area contributed by atoms with Crippen molar-refractivity contribution in [2.45, 2.75) is 64.8 Å². The van der Waals surface area contributed by atoms with Gasteiger partial charge in [0.15, 0.2) is 0 Å². The first-order valence-electron chi connectivity index (χ1n) is 7.80. The monoisotopic (exact) mass is 295 g/mol. The van der Waals surface area contributed by atoms with E-state index >= 15 is 0 Å². The van der Waals surface area contributed by atoms with Gasteiger partial charge in [0.25, 0.3) is 0 Å². The zero-order valence-electron chi connectivity index (χ0n) is 12.9. The molecule has 1 aliphatic carbocycles. The molecule has 0 atom stereocenters. The van der Waals surface area contributed by atoms with E-state index < -0.39 is 0 Å². The Hall–Kier alpha value is -0.830. The minimum absolute atomic E-state index is 0.430. The molecule has 20 heavy (non-hydrogen) atoms. The third-order valence-corrected chi connectivity index (χ3v) is 4.22. The molecule has 0 aliphatic heterocycles. The van der Waals surface area contributed by atoms with Crippen molar-refractivity contribution in [3.63, 3.8) is 0 Å². The van der Waals surface area contributed by atoms with Gasteiger partial charge in [0.2, 0.25) is 5.95 Å². The standard InChI is InChI=1S/C16H26ClN3/c1-12(2)15-11-13(3)18-16(19-15)20(10-9-17)14-7-5-4-6-8-14/h11-12,14H,4-10H2,1-3H3. The molecule has 0 unspecified atom stereocenters. The number of rotatable bonds is 5. The lowest BCUT2D eigenvalue weighted by atomic mass is 9.94. The highest BCUT2D eigenvalue weighted by Crippen LogP contribution is 2.26. The van der Waals surface area contributed by atoms with Crippen molar-refractivity contribution in [2.75, 3.05) is 17.3 Å². The van der Waals surface area contributed by atoms with E-state index in [2.05, 4.69) is 36.7 Å². The zero-order valence-corrected chi connectivity index (χ0v) is 13.7. The third-order valence-electron chi connectivity index (χ3n) is 4.05. The van der Waals surface area contributed by atoms with Gasteiger partial charge in [0.05, 0.1) is 0 Å². The molecule has 0 bridgehead atoms.